The highest BCUT2D eigenvalue weighted by atomic mass is 32.1. The Morgan fingerprint density at radius 3 is 2.36 bits per heavy atom. The second kappa shape index (κ2) is 8.12. The predicted octanol–water partition coefficient (Wildman–Crippen LogP) is 4.11. The van der Waals surface area contributed by atoms with Crippen LogP contribution in [0.2, 0.25) is 0 Å². The molecule has 2 aromatic carbocycles. The normalized spacial score (nSPS) is 14.0. The first-order valence-electron chi connectivity index (χ1n) is 8.66. The van der Waals surface area contributed by atoms with Gasteiger partial charge in [-0.15, -0.1) is 0 Å². The molecule has 0 saturated carbocycles. The van der Waals surface area contributed by atoms with Gasteiger partial charge in [-0.1, -0.05) is 18.2 Å². The fraction of sp³-hybridized carbons (Fsp3) is 0.300. The fourth-order valence-corrected chi connectivity index (χ4v) is 3.28. The van der Waals surface area contributed by atoms with E-state index in [1.807, 2.05) is 37.3 Å². The number of aryl methyl sites for hydroxylation is 1. The summed E-state index contributed by atoms with van der Waals surface area (Å²) in [6.07, 6.45) is 3.84. The first kappa shape index (κ1) is 17.4. The number of thiocarbonyl (C=S) groups is 1. The molecule has 25 heavy (non-hydrogen) atoms. The van der Waals surface area contributed by atoms with E-state index in [0.29, 0.717) is 10.7 Å². The summed E-state index contributed by atoms with van der Waals surface area (Å²) in [7, 11) is 0. The van der Waals surface area contributed by atoms with E-state index in [1.54, 1.807) is 6.07 Å². The maximum absolute atomic E-state index is 12.3. The summed E-state index contributed by atoms with van der Waals surface area (Å²) < 4.78 is 0. The van der Waals surface area contributed by atoms with Crippen molar-refractivity contribution >= 4 is 34.6 Å². The van der Waals surface area contributed by atoms with Crippen LogP contribution in [0.1, 0.15) is 35.2 Å². The zero-order chi connectivity index (χ0) is 17.6. The van der Waals surface area contributed by atoms with Crippen molar-refractivity contribution in [2.75, 3.05) is 23.3 Å². The third kappa shape index (κ3) is 4.57. The Kier molecular flexibility index (Phi) is 5.66. The summed E-state index contributed by atoms with van der Waals surface area (Å²) in [5.74, 6) is -0.194. The number of hydrogen-bond donors (Lipinski definition) is 2. The van der Waals surface area contributed by atoms with Crippen molar-refractivity contribution < 1.29 is 4.79 Å². The van der Waals surface area contributed by atoms with Crippen LogP contribution in [0.25, 0.3) is 0 Å². The lowest BCUT2D eigenvalue weighted by atomic mass is 10.1. The number of amides is 1. The Morgan fingerprint density at radius 2 is 1.68 bits per heavy atom. The monoisotopic (exact) mass is 353 g/mol. The highest BCUT2D eigenvalue weighted by molar-refractivity contribution is 7.80. The molecule has 130 valence electrons. The van der Waals surface area contributed by atoms with Gasteiger partial charge in [0.1, 0.15) is 0 Å². The third-order valence-corrected chi connectivity index (χ3v) is 4.67. The van der Waals surface area contributed by atoms with Crippen LogP contribution in [-0.2, 0) is 0 Å². The molecule has 0 radical (unpaired) electrons. The summed E-state index contributed by atoms with van der Waals surface area (Å²) in [6, 6.07) is 15.6. The van der Waals surface area contributed by atoms with Gasteiger partial charge in [0, 0.05) is 30.0 Å². The Balaban J connectivity index is 1.57. The zero-order valence-corrected chi connectivity index (χ0v) is 15.2. The smallest absolute Gasteiger partial charge is 0.257 e. The predicted molar refractivity (Wildman–Crippen MR) is 107 cm³/mol. The van der Waals surface area contributed by atoms with Crippen LogP contribution in [-0.4, -0.2) is 24.1 Å². The number of hydrogen-bond acceptors (Lipinski definition) is 3. The minimum atomic E-state index is -0.194. The second-order valence-corrected chi connectivity index (χ2v) is 6.73. The van der Waals surface area contributed by atoms with Crippen molar-refractivity contribution in [2.24, 2.45) is 0 Å². The van der Waals surface area contributed by atoms with E-state index in [0.717, 1.165) is 24.3 Å². The quantitative estimate of drug-likeness (QED) is 0.815. The van der Waals surface area contributed by atoms with Gasteiger partial charge in [0.05, 0.1) is 0 Å². The molecule has 0 bridgehead atoms. The van der Waals surface area contributed by atoms with Crippen molar-refractivity contribution in [1.29, 1.82) is 0 Å². The van der Waals surface area contributed by atoms with Crippen LogP contribution in [0.15, 0.2) is 48.5 Å². The number of carbonyl (C=O) groups excluding carboxylic acids is 1. The van der Waals surface area contributed by atoms with E-state index < -0.39 is 0 Å². The third-order valence-electron chi connectivity index (χ3n) is 4.46. The number of benzene rings is 2. The Morgan fingerprint density at radius 1 is 1.00 bits per heavy atom. The average molecular weight is 353 g/mol. The topological polar surface area (TPSA) is 44.4 Å². The van der Waals surface area contributed by atoms with Gasteiger partial charge in [0.25, 0.3) is 5.91 Å². The minimum absolute atomic E-state index is 0.194. The highest BCUT2D eigenvalue weighted by Gasteiger charge is 2.12. The molecule has 1 saturated heterocycles. The first-order chi connectivity index (χ1) is 12.1. The lowest BCUT2D eigenvalue weighted by Crippen LogP contribution is -2.34. The van der Waals surface area contributed by atoms with Crippen LogP contribution in [0.4, 0.5) is 11.4 Å². The summed E-state index contributed by atoms with van der Waals surface area (Å²) in [5, 5.41) is 6.11. The van der Waals surface area contributed by atoms with Gasteiger partial charge >= 0.3 is 0 Å². The number of piperidine rings is 1. The van der Waals surface area contributed by atoms with E-state index in [1.165, 1.54) is 24.9 Å². The van der Waals surface area contributed by atoms with Crippen molar-refractivity contribution in [2.45, 2.75) is 26.2 Å². The van der Waals surface area contributed by atoms with Gasteiger partial charge in [-0.05, 0) is 74.3 Å². The Hall–Kier alpha value is -2.40. The first-order valence-corrected chi connectivity index (χ1v) is 9.07. The minimum Gasteiger partial charge on any atom is -0.372 e. The number of rotatable bonds is 3. The molecule has 0 unspecified atom stereocenters. The molecule has 0 aromatic heterocycles. The lowest BCUT2D eigenvalue weighted by Gasteiger charge is -2.28. The van der Waals surface area contributed by atoms with E-state index >= 15 is 0 Å². The average Bonchev–Trinajstić information content (AvgIpc) is 2.63. The molecule has 2 aromatic rings. The van der Waals surface area contributed by atoms with Crippen molar-refractivity contribution in [3.05, 3.63) is 59.7 Å². The van der Waals surface area contributed by atoms with Crippen molar-refractivity contribution in [3.8, 4) is 0 Å². The standard InChI is InChI=1S/C20H23N3OS/c1-15-7-3-4-8-18(15)19(24)22-20(25)21-16-9-11-17(12-10-16)23-13-5-2-6-14-23/h3-4,7-12H,2,5-6,13-14H2,1H3,(H2,21,22,24,25). The molecule has 1 fully saturated rings. The van der Waals surface area contributed by atoms with Gasteiger partial charge in [-0.3, -0.25) is 10.1 Å². The molecule has 0 spiro atoms. The number of anilines is 2. The molecule has 0 aliphatic carbocycles. The molecule has 1 aliphatic heterocycles. The van der Waals surface area contributed by atoms with Crippen LogP contribution < -0.4 is 15.5 Å². The van der Waals surface area contributed by atoms with Crippen LogP contribution in [0.3, 0.4) is 0 Å². The lowest BCUT2D eigenvalue weighted by molar-refractivity contribution is 0.0977. The molecule has 1 aliphatic rings. The molecular formula is C20H23N3OS. The van der Waals surface area contributed by atoms with Gasteiger partial charge < -0.3 is 10.2 Å². The molecule has 3 rings (SSSR count). The number of nitrogens with zero attached hydrogens (tertiary/aromatic N) is 1. The molecule has 5 heteroatoms. The zero-order valence-electron chi connectivity index (χ0n) is 14.4. The highest BCUT2D eigenvalue weighted by Crippen LogP contribution is 2.21. The van der Waals surface area contributed by atoms with Gasteiger partial charge in [-0.2, -0.15) is 0 Å². The largest absolute Gasteiger partial charge is 0.372 e. The Labute approximate surface area is 154 Å². The summed E-state index contributed by atoms with van der Waals surface area (Å²) in [6.45, 7) is 4.15. The van der Waals surface area contributed by atoms with Crippen molar-refractivity contribution in [3.63, 3.8) is 0 Å². The number of carbonyl (C=O) groups is 1. The van der Waals surface area contributed by atoms with E-state index in [4.69, 9.17) is 12.2 Å². The molecule has 1 heterocycles. The van der Waals surface area contributed by atoms with Crippen LogP contribution >= 0.6 is 12.2 Å². The second-order valence-electron chi connectivity index (χ2n) is 6.32. The fourth-order valence-electron chi connectivity index (χ4n) is 3.07. The van der Waals surface area contributed by atoms with E-state index in [2.05, 4.69) is 27.7 Å². The SMILES string of the molecule is Cc1ccccc1C(=O)NC(=S)Nc1ccc(N2CCCCC2)cc1. The molecule has 2 N–H and O–H groups in total. The van der Waals surface area contributed by atoms with E-state index in [-0.39, 0.29) is 5.91 Å². The Bertz CT molecular complexity index is 752. The van der Waals surface area contributed by atoms with Gasteiger partial charge in [0.2, 0.25) is 0 Å². The summed E-state index contributed by atoms with van der Waals surface area (Å²) in [4.78, 5) is 14.7. The van der Waals surface area contributed by atoms with Gasteiger partial charge in [0.15, 0.2) is 5.11 Å². The summed E-state index contributed by atoms with van der Waals surface area (Å²) >= 11 is 5.26. The number of nitrogens with one attached hydrogen (secondary N) is 2. The van der Waals surface area contributed by atoms with Crippen LogP contribution in [0, 0.1) is 6.92 Å². The van der Waals surface area contributed by atoms with Gasteiger partial charge in [-0.25, -0.2) is 0 Å². The molecule has 4 nitrogen and oxygen atoms in total. The van der Waals surface area contributed by atoms with Crippen molar-refractivity contribution in [1.82, 2.24) is 5.32 Å². The maximum Gasteiger partial charge on any atom is 0.257 e. The van der Waals surface area contributed by atoms with E-state index in [9.17, 15) is 4.79 Å². The molecule has 0 atom stereocenters. The van der Waals surface area contributed by atoms with Crippen LogP contribution in [0.5, 0.6) is 0 Å². The molecule has 1 amide bonds. The maximum atomic E-state index is 12.3. The molecular weight excluding hydrogens is 330 g/mol. The summed E-state index contributed by atoms with van der Waals surface area (Å²) in [5.41, 5.74) is 3.66.